The number of hydrogen-bond acceptors (Lipinski definition) is 5. The number of aromatic nitrogens is 2. The van der Waals surface area contributed by atoms with Crippen molar-refractivity contribution in [3.63, 3.8) is 0 Å². The van der Waals surface area contributed by atoms with Crippen molar-refractivity contribution in [2.45, 2.75) is 64.2 Å². The summed E-state index contributed by atoms with van der Waals surface area (Å²) in [5.41, 5.74) is 0.120. The maximum absolute atomic E-state index is 13.1. The molecule has 0 unspecified atom stereocenters. The van der Waals surface area contributed by atoms with Crippen LogP contribution in [0.4, 0.5) is 0 Å². The summed E-state index contributed by atoms with van der Waals surface area (Å²) >= 11 is 0. The zero-order valence-corrected chi connectivity index (χ0v) is 17.3. The normalized spacial score (nSPS) is 18.9. The summed E-state index contributed by atoms with van der Waals surface area (Å²) in [6.45, 7) is 9.14. The zero-order valence-electron chi connectivity index (χ0n) is 17.3. The molecule has 0 bridgehead atoms. The summed E-state index contributed by atoms with van der Waals surface area (Å²) in [4.78, 5) is 30.6. The number of para-hydroxylation sites is 1. The van der Waals surface area contributed by atoms with E-state index in [1.54, 1.807) is 25.3 Å². The standard InChI is InChI=1S/C21H30N4O3/c1-20(2)12-14(13-21(3,4)24-20)22-18(26)17-23-16-9-7-6-8-15(16)19(27)25(17)10-11-28-5/h6-9,14,24H,10-13H2,1-5H3,(H,22,26). The second-order valence-electron chi connectivity index (χ2n) is 8.87. The van der Waals surface area contributed by atoms with Gasteiger partial charge in [0.25, 0.3) is 11.5 Å². The van der Waals surface area contributed by atoms with E-state index < -0.39 is 0 Å². The van der Waals surface area contributed by atoms with Gasteiger partial charge in [-0.3, -0.25) is 14.2 Å². The molecule has 152 valence electrons. The van der Waals surface area contributed by atoms with Gasteiger partial charge in [-0.15, -0.1) is 0 Å². The SMILES string of the molecule is COCCn1c(C(=O)NC2CC(C)(C)NC(C)(C)C2)nc2ccccc2c1=O. The Balaban J connectivity index is 1.95. The number of piperidine rings is 1. The van der Waals surface area contributed by atoms with Crippen LogP contribution in [0.2, 0.25) is 0 Å². The van der Waals surface area contributed by atoms with E-state index in [9.17, 15) is 9.59 Å². The first-order valence-corrected chi connectivity index (χ1v) is 9.71. The van der Waals surface area contributed by atoms with Gasteiger partial charge >= 0.3 is 0 Å². The molecule has 7 heteroatoms. The molecule has 1 aromatic carbocycles. The lowest BCUT2D eigenvalue weighted by Crippen LogP contribution is -2.62. The molecular formula is C21H30N4O3. The largest absolute Gasteiger partial charge is 0.383 e. The van der Waals surface area contributed by atoms with Crippen LogP contribution in [-0.4, -0.2) is 46.3 Å². The lowest BCUT2D eigenvalue weighted by atomic mass is 9.79. The van der Waals surface area contributed by atoms with Crippen molar-refractivity contribution < 1.29 is 9.53 Å². The quantitative estimate of drug-likeness (QED) is 0.822. The van der Waals surface area contributed by atoms with Gasteiger partial charge in [-0.1, -0.05) is 12.1 Å². The number of methoxy groups -OCH3 is 1. The van der Waals surface area contributed by atoms with Crippen molar-refractivity contribution in [3.05, 3.63) is 40.4 Å². The third kappa shape index (κ3) is 4.42. The molecule has 1 amide bonds. The summed E-state index contributed by atoms with van der Waals surface area (Å²) < 4.78 is 6.54. The Kier molecular flexibility index (Phi) is 5.59. The smallest absolute Gasteiger partial charge is 0.287 e. The van der Waals surface area contributed by atoms with Crippen LogP contribution in [-0.2, 0) is 11.3 Å². The predicted molar refractivity (Wildman–Crippen MR) is 110 cm³/mol. The third-order valence-corrected chi connectivity index (χ3v) is 5.11. The van der Waals surface area contributed by atoms with E-state index in [1.165, 1.54) is 4.57 Å². The maximum Gasteiger partial charge on any atom is 0.287 e. The molecule has 1 aliphatic rings. The van der Waals surface area contributed by atoms with Crippen molar-refractivity contribution in [2.24, 2.45) is 0 Å². The van der Waals surface area contributed by atoms with Gasteiger partial charge in [0.15, 0.2) is 0 Å². The van der Waals surface area contributed by atoms with E-state index in [0.29, 0.717) is 17.5 Å². The second-order valence-corrected chi connectivity index (χ2v) is 8.87. The van der Waals surface area contributed by atoms with E-state index >= 15 is 0 Å². The zero-order chi connectivity index (χ0) is 20.5. The average Bonchev–Trinajstić information content (AvgIpc) is 2.58. The monoisotopic (exact) mass is 386 g/mol. The number of hydrogen-bond donors (Lipinski definition) is 2. The lowest BCUT2D eigenvalue weighted by Gasteiger charge is -2.46. The van der Waals surface area contributed by atoms with Crippen LogP contribution in [0.1, 0.15) is 51.2 Å². The summed E-state index contributed by atoms with van der Waals surface area (Å²) in [7, 11) is 1.57. The molecule has 1 saturated heterocycles. The van der Waals surface area contributed by atoms with Gasteiger partial charge in [-0.2, -0.15) is 0 Å². The predicted octanol–water partition coefficient (Wildman–Crippen LogP) is 2.08. The van der Waals surface area contributed by atoms with E-state index in [2.05, 4.69) is 43.3 Å². The third-order valence-electron chi connectivity index (χ3n) is 5.11. The number of rotatable bonds is 5. The fourth-order valence-electron chi connectivity index (χ4n) is 4.41. The van der Waals surface area contributed by atoms with Crippen molar-refractivity contribution in [3.8, 4) is 0 Å². The number of carbonyl (C=O) groups excluding carboxylic acids is 1. The Morgan fingerprint density at radius 3 is 2.54 bits per heavy atom. The molecule has 7 nitrogen and oxygen atoms in total. The highest BCUT2D eigenvalue weighted by Gasteiger charge is 2.38. The van der Waals surface area contributed by atoms with E-state index in [1.807, 2.05) is 6.07 Å². The van der Waals surface area contributed by atoms with E-state index in [4.69, 9.17) is 4.74 Å². The number of fused-ring (bicyclic) bond motifs is 1. The van der Waals surface area contributed by atoms with Crippen LogP contribution in [0.3, 0.4) is 0 Å². The Bertz CT molecular complexity index is 917. The molecule has 2 heterocycles. The van der Waals surface area contributed by atoms with Gasteiger partial charge < -0.3 is 15.4 Å². The van der Waals surface area contributed by atoms with Gasteiger partial charge in [-0.25, -0.2) is 4.98 Å². The van der Waals surface area contributed by atoms with Crippen molar-refractivity contribution in [1.29, 1.82) is 0 Å². The molecule has 2 N–H and O–H groups in total. The van der Waals surface area contributed by atoms with Crippen molar-refractivity contribution in [2.75, 3.05) is 13.7 Å². The minimum absolute atomic E-state index is 0.00185. The molecule has 0 radical (unpaired) electrons. The number of amides is 1. The van der Waals surface area contributed by atoms with Gasteiger partial charge in [0, 0.05) is 24.2 Å². The Morgan fingerprint density at radius 1 is 1.25 bits per heavy atom. The number of ether oxygens (including phenoxy) is 1. The second kappa shape index (κ2) is 7.64. The van der Waals surface area contributed by atoms with Crippen LogP contribution < -0.4 is 16.2 Å². The van der Waals surface area contributed by atoms with E-state index in [0.717, 1.165) is 12.8 Å². The van der Waals surface area contributed by atoms with Crippen molar-refractivity contribution >= 4 is 16.8 Å². The van der Waals surface area contributed by atoms with Gasteiger partial charge in [0.05, 0.1) is 24.1 Å². The van der Waals surface area contributed by atoms with Crippen LogP contribution in [0.15, 0.2) is 29.1 Å². The highest BCUT2D eigenvalue weighted by atomic mass is 16.5. The molecular weight excluding hydrogens is 356 g/mol. The first-order chi connectivity index (χ1) is 13.1. The first-order valence-electron chi connectivity index (χ1n) is 9.71. The summed E-state index contributed by atoms with van der Waals surface area (Å²) in [5, 5.41) is 7.22. The first kappa shape index (κ1) is 20.5. The minimum Gasteiger partial charge on any atom is -0.383 e. The molecule has 1 aromatic heterocycles. The minimum atomic E-state index is -0.322. The van der Waals surface area contributed by atoms with Crippen LogP contribution in [0.5, 0.6) is 0 Å². The van der Waals surface area contributed by atoms with Crippen LogP contribution in [0, 0.1) is 0 Å². The molecule has 0 saturated carbocycles. The topological polar surface area (TPSA) is 85.2 Å². The number of nitrogens with one attached hydrogen (secondary N) is 2. The number of benzene rings is 1. The fraction of sp³-hybridized carbons (Fsp3) is 0.571. The van der Waals surface area contributed by atoms with Crippen molar-refractivity contribution in [1.82, 2.24) is 20.2 Å². The Morgan fingerprint density at radius 2 is 1.89 bits per heavy atom. The van der Waals surface area contributed by atoms with E-state index in [-0.39, 0.29) is 41.0 Å². The van der Waals surface area contributed by atoms with Gasteiger partial charge in [0.2, 0.25) is 5.82 Å². The molecule has 0 spiro atoms. The molecule has 0 aliphatic carbocycles. The lowest BCUT2D eigenvalue weighted by molar-refractivity contribution is 0.0854. The van der Waals surface area contributed by atoms with Crippen LogP contribution in [0.25, 0.3) is 10.9 Å². The molecule has 1 fully saturated rings. The number of nitrogens with zero attached hydrogens (tertiary/aromatic N) is 2. The van der Waals surface area contributed by atoms with Crippen LogP contribution >= 0.6 is 0 Å². The van der Waals surface area contributed by atoms with Gasteiger partial charge in [0.1, 0.15) is 0 Å². The summed E-state index contributed by atoms with van der Waals surface area (Å²) in [6.07, 6.45) is 1.61. The molecule has 2 aromatic rings. The Labute approximate surface area is 165 Å². The number of carbonyl (C=O) groups is 1. The van der Waals surface area contributed by atoms with Gasteiger partial charge in [-0.05, 0) is 52.7 Å². The average molecular weight is 386 g/mol. The fourth-order valence-corrected chi connectivity index (χ4v) is 4.41. The Hall–Kier alpha value is -2.25. The summed E-state index contributed by atoms with van der Waals surface area (Å²) in [5.74, 6) is -0.188. The highest BCUT2D eigenvalue weighted by Crippen LogP contribution is 2.28. The molecule has 3 rings (SSSR count). The summed E-state index contributed by atoms with van der Waals surface area (Å²) in [6, 6.07) is 7.09. The molecule has 1 aliphatic heterocycles. The maximum atomic E-state index is 13.1. The highest BCUT2D eigenvalue weighted by molar-refractivity contribution is 5.93. The molecule has 28 heavy (non-hydrogen) atoms. The molecule has 0 atom stereocenters.